The van der Waals surface area contributed by atoms with E-state index in [0.717, 1.165) is 38.2 Å². The van der Waals surface area contributed by atoms with Gasteiger partial charge in [0.25, 0.3) is 0 Å². The summed E-state index contributed by atoms with van der Waals surface area (Å²) in [7, 11) is 0. The second kappa shape index (κ2) is 8.66. The van der Waals surface area contributed by atoms with E-state index in [0.29, 0.717) is 25.0 Å². The minimum atomic E-state index is -0.358. The number of amides is 1. The summed E-state index contributed by atoms with van der Waals surface area (Å²) in [6.45, 7) is 6.89. The highest BCUT2D eigenvalue weighted by molar-refractivity contribution is 5.76. The van der Waals surface area contributed by atoms with Gasteiger partial charge in [0.2, 0.25) is 5.91 Å². The number of rotatable bonds is 6. The molecule has 1 aliphatic heterocycles. The number of fused-ring (bicyclic) bond motifs is 1. The summed E-state index contributed by atoms with van der Waals surface area (Å²) in [5.74, 6) is -0.190. The molecule has 6 heteroatoms. The molecular weight excluding hydrogens is 366 g/mol. The molecule has 152 valence electrons. The third kappa shape index (κ3) is 4.43. The first-order valence-electron chi connectivity index (χ1n) is 10.2. The summed E-state index contributed by atoms with van der Waals surface area (Å²) in [4.78, 5) is 29.0. The topological polar surface area (TPSA) is 58.7 Å². The molecule has 0 bridgehead atoms. The first kappa shape index (κ1) is 19.5. The number of carbonyl (C=O) groups is 1. The Bertz CT molecular complexity index is 1040. The van der Waals surface area contributed by atoms with Gasteiger partial charge in [-0.15, -0.1) is 0 Å². The van der Waals surface area contributed by atoms with E-state index >= 15 is 0 Å². The van der Waals surface area contributed by atoms with Crippen molar-refractivity contribution in [1.82, 2.24) is 14.4 Å². The number of aromatic nitrogens is 1. The van der Waals surface area contributed by atoms with Gasteiger partial charge < -0.3 is 9.32 Å². The minimum absolute atomic E-state index is 0.168. The third-order valence-electron chi connectivity index (χ3n) is 5.73. The van der Waals surface area contributed by atoms with Gasteiger partial charge in [-0.2, -0.15) is 0 Å². The average Bonchev–Trinajstić information content (AvgIpc) is 3.05. The molecular formula is C23H27N3O3. The van der Waals surface area contributed by atoms with Gasteiger partial charge in [0, 0.05) is 45.7 Å². The molecule has 3 aromatic rings. The Labute approximate surface area is 170 Å². The standard InChI is InChI=1S/C23H27N3O3/c1-18-7-2-3-8-19(18)17-24-13-15-25(16-14-24)22(27)11-6-12-26-20-9-4-5-10-21(20)29-23(26)28/h2-5,7-10H,6,11-17H2,1H3. The summed E-state index contributed by atoms with van der Waals surface area (Å²) in [5.41, 5.74) is 4.04. The largest absolute Gasteiger partial charge is 0.419 e. The molecule has 0 spiro atoms. The summed E-state index contributed by atoms with van der Waals surface area (Å²) in [5, 5.41) is 0. The van der Waals surface area contributed by atoms with Crippen molar-refractivity contribution in [3.63, 3.8) is 0 Å². The van der Waals surface area contributed by atoms with Crippen molar-refractivity contribution in [2.75, 3.05) is 26.2 Å². The minimum Gasteiger partial charge on any atom is -0.408 e. The second-order valence-electron chi connectivity index (χ2n) is 7.67. The summed E-state index contributed by atoms with van der Waals surface area (Å²) in [6.07, 6.45) is 1.08. The lowest BCUT2D eigenvalue weighted by Crippen LogP contribution is -2.48. The smallest absolute Gasteiger partial charge is 0.408 e. The number of benzene rings is 2. The zero-order valence-electron chi connectivity index (χ0n) is 16.8. The molecule has 1 fully saturated rings. The Kier molecular flexibility index (Phi) is 5.81. The predicted octanol–water partition coefficient (Wildman–Crippen LogP) is 3.03. The number of hydrogen-bond donors (Lipinski definition) is 0. The van der Waals surface area contributed by atoms with Crippen molar-refractivity contribution in [2.24, 2.45) is 0 Å². The van der Waals surface area contributed by atoms with E-state index < -0.39 is 0 Å². The zero-order valence-corrected chi connectivity index (χ0v) is 16.8. The molecule has 1 saturated heterocycles. The second-order valence-corrected chi connectivity index (χ2v) is 7.67. The van der Waals surface area contributed by atoms with Crippen molar-refractivity contribution in [2.45, 2.75) is 32.9 Å². The van der Waals surface area contributed by atoms with Crippen molar-refractivity contribution >= 4 is 17.0 Å². The van der Waals surface area contributed by atoms with E-state index in [2.05, 4.69) is 36.1 Å². The molecule has 0 radical (unpaired) electrons. The van der Waals surface area contributed by atoms with Crippen molar-refractivity contribution in [3.05, 3.63) is 70.2 Å². The molecule has 0 atom stereocenters. The maximum atomic E-state index is 12.6. The van der Waals surface area contributed by atoms with Gasteiger partial charge in [0.15, 0.2) is 5.58 Å². The molecule has 4 rings (SSSR count). The molecule has 0 aliphatic carbocycles. The lowest BCUT2D eigenvalue weighted by atomic mass is 10.1. The molecule has 29 heavy (non-hydrogen) atoms. The molecule has 1 aromatic heterocycles. The third-order valence-corrected chi connectivity index (χ3v) is 5.73. The number of piperazine rings is 1. The molecule has 2 heterocycles. The Morgan fingerprint density at radius 3 is 2.52 bits per heavy atom. The number of hydrogen-bond acceptors (Lipinski definition) is 4. The van der Waals surface area contributed by atoms with Gasteiger partial charge in [0.1, 0.15) is 0 Å². The van der Waals surface area contributed by atoms with E-state index in [9.17, 15) is 9.59 Å². The summed E-state index contributed by atoms with van der Waals surface area (Å²) in [6, 6.07) is 15.8. The first-order valence-corrected chi connectivity index (χ1v) is 10.2. The maximum absolute atomic E-state index is 12.6. The predicted molar refractivity (Wildman–Crippen MR) is 113 cm³/mol. The van der Waals surface area contributed by atoms with Crippen molar-refractivity contribution in [1.29, 1.82) is 0 Å². The molecule has 0 saturated carbocycles. The summed E-state index contributed by atoms with van der Waals surface area (Å²) < 4.78 is 6.86. The van der Waals surface area contributed by atoms with Gasteiger partial charge in [-0.3, -0.25) is 14.3 Å². The molecule has 0 unspecified atom stereocenters. The van der Waals surface area contributed by atoms with E-state index in [1.165, 1.54) is 11.1 Å². The van der Waals surface area contributed by atoms with Crippen molar-refractivity contribution < 1.29 is 9.21 Å². The van der Waals surface area contributed by atoms with Gasteiger partial charge in [-0.05, 0) is 36.6 Å². The molecule has 1 aliphatic rings. The van der Waals surface area contributed by atoms with Crippen LogP contribution in [0.25, 0.3) is 11.1 Å². The zero-order chi connectivity index (χ0) is 20.2. The van der Waals surface area contributed by atoms with Crippen LogP contribution in [0.3, 0.4) is 0 Å². The van der Waals surface area contributed by atoms with Crippen LogP contribution in [0.15, 0.2) is 57.7 Å². The average molecular weight is 393 g/mol. The Morgan fingerprint density at radius 1 is 1.00 bits per heavy atom. The maximum Gasteiger partial charge on any atom is 0.419 e. The Balaban J connectivity index is 1.25. The fourth-order valence-electron chi connectivity index (χ4n) is 3.96. The number of nitrogens with zero attached hydrogens (tertiary/aromatic N) is 3. The van der Waals surface area contributed by atoms with Gasteiger partial charge in [0.05, 0.1) is 5.52 Å². The molecule has 6 nitrogen and oxygen atoms in total. The van der Waals surface area contributed by atoms with Crippen LogP contribution in [0.1, 0.15) is 24.0 Å². The summed E-state index contributed by atoms with van der Waals surface area (Å²) >= 11 is 0. The lowest BCUT2D eigenvalue weighted by Gasteiger charge is -2.35. The van der Waals surface area contributed by atoms with Crippen LogP contribution in [-0.2, 0) is 17.9 Å². The van der Waals surface area contributed by atoms with E-state index in [1.807, 2.05) is 23.1 Å². The highest BCUT2D eigenvalue weighted by Gasteiger charge is 2.21. The van der Waals surface area contributed by atoms with Crippen LogP contribution >= 0.6 is 0 Å². The normalized spacial score (nSPS) is 15.1. The Morgan fingerprint density at radius 2 is 1.72 bits per heavy atom. The molecule has 1 amide bonds. The number of carbonyl (C=O) groups excluding carboxylic acids is 1. The highest BCUT2D eigenvalue weighted by atomic mass is 16.4. The van der Waals surface area contributed by atoms with Crippen LogP contribution < -0.4 is 5.76 Å². The van der Waals surface area contributed by atoms with E-state index in [4.69, 9.17) is 4.42 Å². The van der Waals surface area contributed by atoms with Gasteiger partial charge in [-0.1, -0.05) is 36.4 Å². The number of aryl methyl sites for hydroxylation is 2. The number of oxazole rings is 1. The van der Waals surface area contributed by atoms with E-state index in [1.54, 1.807) is 10.6 Å². The van der Waals surface area contributed by atoms with Gasteiger partial charge >= 0.3 is 5.76 Å². The quantitative estimate of drug-likeness (QED) is 0.646. The molecule has 2 aromatic carbocycles. The van der Waals surface area contributed by atoms with E-state index in [-0.39, 0.29) is 11.7 Å². The number of para-hydroxylation sites is 2. The van der Waals surface area contributed by atoms with Crippen LogP contribution in [-0.4, -0.2) is 46.5 Å². The fourth-order valence-corrected chi connectivity index (χ4v) is 3.96. The van der Waals surface area contributed by atoms with Gasteiger partial charge in [-0.25, -0.2) is 4.79 Å². The first-order chi connectivity index (χ1) is 14.1. The SMILES string of the molecule is Cc1ccccc1CN1CCN(C(=O)CCCn2c(=O)oc3ccccc32)CC1. The van der Waals surface area contributed by atoms with Crippen LogP contribution in [0.2, 0.25) is 0 Å². The fraction of sp³-hybridized carbons (Fsp3) is 0.391. The lowest BCUT2D eigenvalue weighted by molar-refractivity contribution is -0.133. The van der Waals surface area contributed by atoms with Crippen LogP contribution in [0, 0.1) is 6.92 Å². The van der Waals surface area contributed by atoms with Crippen molar-refractivity contribution in [3.8, 4) is 0 Å². The Hall–Kier alpha value is -2.86. The van der Waals surface area contributed by atoms with Crippen LogP contribution in [0.4, 0.5) is 0 Å². The monoisotopic (exact) mass is 393 g/mol. The molecule has 0 N–H and O–H groups in total. The van der Waals surface area contributed by atoms with Crippen LogP contribution in [0.5, 0.6) is 0 Å². The highest BCUT2D eigenvalue weighted by Crippen LogP contribution is 2.15.